The van der Waals surface area contributed by atoms with E-state index in [1.54, 1.807) is 23.6 Å². The number of amides is 1. The summed E-state index contributed by atoms with van der Waals surface area (Å²) in [6, 6.07) is 3.30. The maximum atomic E-state index is 12.7. The molecule has 11 heteroatoms. The fraction of sp³-hybridized carbons (Fsp3) is 0.400. The second-order valence-corrected chi connectivity index (χ2v) is 11.0. The molecule has 26 heavy (non-hydrogen) atoms. The number of nitrogens with zero attached hydrogens (tertiary/aromatic N) is 3. The number of rotatable bonds is 7. The molecule has 1 amide bonds. The number of carbonyl (C=O) groups is 1. The SMILES string of the molecule is C=CCSc1nnc(NC(=O)[C@H]2CCCN(S(=O)(=O)c3cccs3)C2)s1. The van der Waals surface area contributed by atoms with Crippen LogP contribution < -0.4 is 5.32 Å². The first-order valence-electron chi connectivity index (χ1n) is 7.92. The summed E-state index contributed by atoms with van der Waals surface area (Å²) in [7, 11) is -3.53. The van der Waals surface area contributed by atoms with Crippen LogP contribution in [0.3, 0.4) is 0 Å². The standard InChI is InChI=1S/C15H18N4O3S4/c1-2-8-24-15-18-17-14(25-15)16-13(20)11-5-3-7-19(10-11)26(21,22)12-6-4-9-23-12/h2,4,6,9,11H,1,3,5,7-8,10H2,(H,16,17,20)/t11-/m0/s1. The van der Waals surface area contributed by atoms with E-state index in [1.165, 1.54) is 38.7 Å². The molecule has 0 radical (unpaired) electrons. The summed E-state index contributed by atoms with van der Waals surface area (Å²) in [5.41, 5.74) is 0. The van der Waals surface area contributed by atoms with Gasteiger partial charge in [0.1, 0.15) is 4.21 Å². The molecule has 1 atom stereocenters. The lowest BCUT2D eigenvalue weighted by molar-refractivity contribution is -0.120. The van der Waals surface area contributed by atoms with Gasteiger partial charge in [0.15, 0.2) is 4.34 Å². The van der Waals surface area contributed by atoms with E-state index in [-0.39, 0.29) is 12.5 Å². The lowest BCUT2D eigenvalue weighted by atomic mass is 9.99. The van der Waals surface area contributed by atoms with Gasteiger partial charge in [0.2, 0.25) is 11.0 Å². The number of aromatic nitrogens is 2. The van der Waals surface area contributed by atoms with Gasteiger partial charge in [-0.3, -0.25) is 4.79 Å². The third-order valence-corrected chi connectivity index (χ3v) is 9.01. The zero-order valence-corrected chi connectivity index (χ0v) is 17.1. The number of carbonyl (C=O) groups excluding carboxylic acids is 1. The first kappa shape index (κ1) is 19.5. The smallest absolute Gasteiger partial charge is 0.252 e. The van der Waals surface area contributed by atoms with E-state index in [4.69, 9.17) is 0 Å². The Balaban J connectivity index is 1.63. The molecule has 0 aliphatic carbocycles. The van der Waals surface area contributed by atoms with Crippen LogP contribution in [-0.4, -0.2) is 47.7 Å². The van der Waals surface area contributed by atoms with Gasteiger partial charge in [-0.1, -0.05) is 35.2 Å². The molecule has 1 aliphatic heterocycles. The van der Waals surface area contributed by atoms with Crippen molar-refractivity contribution in [3.63, 3.8) is 0 Å². The van der Waals surface area contributed by atoms with Gasteiger partial charge in [0, 0.05) is 18.8 Å². The number of nitrogens with one attached hydrogen (secondary N) is 1. The van der Waals surface area contributed by atoms with E-state index < -0.39 is 15.9 Å². The quantitative estimate of drug-likeness (QED) is 0.412. The summed E-state index contributed by atoms with van der Waals surface area (Å²) in [5, 5.41) is 12.9. The normalized spacial score (nSPS) is 18.5. The molecular formula is C15H18N4O3S4. The minimum atomic E-state index is -3.53. The van der Waals surface area contributed by atoms with Gasteiger partial charge < -0.3 is 5.32 Å². The number of hydrogen-bond donors (Lipinski definition) is 1. The second kappa shape index (κ2) is 8.61. The van der Waals surface area contributed by atoms with Gasteiger partial charge in [0.05, 0.1) is 5.92 Å². The first-order valence-corrected chi connectivity index (χ1v) is 12.0. The molecule has 0 saturated carbocycles. The Morgan fingerprint density at radius 3 is 3.08 bits per heavy atom. The van der Waals surface area contributed by atoms with Crippen LogP contribution in [0.25, 0.3) is 0 Å². The van der Waals surface area contributed by atoms with E-state index in [9.17, 15) is 13.2 Å². The molecule has 0 spiro atoms. The summed E-state index contributed by atoms with van der Waals surface area (Å²) in [5.74, 6) is 0.111. The fourth-order valence-corrected chi connectivity index (χ4v) is 6.75. The molecule has 1 saturated heterocycles. The summed E-state index contributed by atoms with van der Waals surface area (Å²) in [6.45, 7) is 4.27. The number of thiophene rings is 1. The minimum Gasteiger partial charge on any atom is -0.300 e. The van der Waals surface area contributed by atoms with Gasteiger partial charge in [-0.05, 0) is 24.3 Å². The van der Waals surface area contributed by atoms with Crippen molar-refractivity contribution in [2.75, 3.05) is 24.2 Å². The van der Waals surface area contributed by atoms with E-state index in [0.29, 0.717) is 28.7 Å². The van der Waals surface area contributed by atoms with Crippen LogP contribution in [0, 0.1) is 5.92 Å². The predicted molar refractivity (Wildman–Crippen MR) is 105 cm³/mol. The van der Waals surface area contributed by atoms with Crippen molar-refractivity contribution in [1.82, 2.24) is 14.5 Å². The van der Waals surface area contributed by atoms with E-state index in [2.05, 4.69) is 22.1 Å². The highest BCUT2D eigenvalue weighted by Crippen LogP contribution is 2.29. The third-order valence-electron chi connectivity index (χ3n) is 3.81. The summed E-state index contributed by atoms with van der Waals surface area (Å²) >= 11 is 3.98. The molecule has 0 unspecified atom stereocenters. The average molecular weight is 431 g/mol. The van der Waals surface area contributed by atoms with Gasteiger partial charge in [-0.2, -0.15) is 4.31 Å². The van der Waals surface area contributed by atoms with Crippen LogP contribution in [-0.2, 0) is 14.8 Å². The van der Waals surface area contributed by atoms with E-state index in [1.807, 2.05) is 0 Å². The topological polar surface area (TPSA) is 92.3 Å². The summed E-state index contributed by atoms with van der Waals surface area (Å²) in [6.07, 6.45) is 3.08. The van der Waals surface area contributed by atoms with Gasteiger partial charge >= 0.3 is 0 Å². The maximum Gasteiger partial charge on any atom is 0.252 e. The molecule has 3 heterocycles. The fourth-order valence-electron chi connectivity index (χ4n) is 2.57. The lowest BCUT2D eigenvalue weighted by Gasteiger charge is -2.30. The van der Waals surface area contributed by atoms with Crippen LogP contribution in [0.4, 0.5) is 5.13 Å². The Morgan fingerprint density at radius 2 is 2.35 bits per heavy atom. The molecule has 1 aliphatic rings. The van der Waals surface area contributed by atoms with Crippen molar-refractivity contribution in [1.29, 1.82) is 0 Å². The van der Waals surface area contributed by atoms with Crippen molar-refractivity contribution in [3.05, 3.63) is 30.2 Å². The van der Waals surface area contributed by atoms with E-state index >= 15 is 0 Å². The van der Waals surface area contributed by atoms with E-state index in [0.717, 1.165) is 10.1 Å². The van der Waals surface area contributed by atoms with Crippen LogP contribution >= 0.6 is 34.4 Å². The van der Waals surface area contributed by atoms with Crippen molar-refractivity contribution < 1.29 is 13.2 Å². The Kier molecular flexibility index (Phi) is 6.46. The highest BCUT2D eigenvalue weighted by atomic mass is 32.2. The Morgan fingerprint density at radius 1 is 1.50 bits per heavy atom. The summed E-state index contributed by atoms with van der Waals surface area (Å²) in [4.78, 5) is 12.5. The molecule has 3 rings (SSSR count). The number of hydrogen-bond acceptors (Lipinski definition) is 8. The Labute approximate surface area is 164 Å². The third kappa shape index (κ3) is 4.52. The molecule has 7 nitrogen and oxygen atoms in total. The van der Waals surface area contributed by atoms with Gasteiger partial charge in [-0.25, -0.2) is 8.42 Å². The average Bonchev–Trinajstić information content (AvgIpc) is 3.32. The number of thioether (sulfide) groups is 1. The Hall–Kier alpha value is -1.27. The number of sulfonamides is 1. The van der Waals surface area contributed by atoms with Crippen molar-refractivity contribution in [3.8, 4) is 0 Å². The molecule has 140 valence electrons. The highest BCUT2D eigenvalue weighted by Gasteiger charge is 2.34. The molecule has 1 N–H and O–H groups in total. The molecular weight excluding hydrogens is 412 g/mol. The highest BCUT2D eigenvalue weighted by molar-refractivity contribution is 8.01. The number of anilines is 1. The Bertz CT molecular complexity index is 863. The van der Waals surface area contributed by atoms with Crippen molar-refractivity contribution in [2.24, 2.45) is 5.92 Å². The maximum absolute atomic E-state index is 12.7. The van der Waals surface area contributed by atoms with Gasteiger partial charge in [0.25, 0.3) is 10.0 Å². The van der Waals surface area contributed by atoms with Crippen LogP contribution in [0.2, 0.25) is 0 Å². The molecule has 0 aromatic carbocycles. The van der Waals surface area contributed by atoms with Crippen LogP contribution in [0.15, 0.2) is 38.7 Å². The monoisotopic (exact) mass is 430 g/mol. The first-order chi connectivity index (χ1) is 12.5. The molecule has 2 aromatic heterocycles. The van der Waals surface area contributed by atoms with Crippen molar-refractivity contribution in [2.45, 2.75) is 21.4 Å². The van der Waals surface area contributed by atoms with Gasteiger partial charge in [-0.15, -0.1) is 28.1 Å². The molecule has 2 aromatic rings. The zero-order chi connectivity index (χ0) is 18.6. The largest absolute Gasteiger partial charge is 0.300 e. The number of piperidine rings is 1. The molecule has 1 fully saturated rings. The summed E-state index contributed by atoms with van der Waals surface area (Å²) < 4.78 is 27.8. The zero-order valence-electron chi connectivity index (χ0n) is 13.8. The predicted octanol–water partition coefficient (Wildman–Crippen LogP) is 2.92. The van der Waals surface area contributed by atoms with Crippen LogP contribution in [0.5, 0.6) is 0 Å². The minimum absolute atomic E-state index is 0.183. The molecule has 0 bridgehead atoms. The second-order valence-electron chi connectivity index (χ2n) is 5.60. The van der Waals surface area contributed by atoms with Crippen LogP contribution in [0.1, 0.15) is 12.8 Å². The lowest BCUT2D eigenvalue weighted by Crippen LogP contribution is -2.43. The van der Waals surface area contributed by atoms with Crippen molar-refractivity contribution >= 4 is 55.5 Å².